The van der Waals surface area contributed by atoms with Crippen LogP contribution < -0.4 is 4.74 Å². The monoisotopic (exact) mass is 389 g/mol. The van der Waals surface area contributed by atoms with Crippen LogP contribution in [0.4, 0.5) is 0 Å². The van der Waals surface area contributed by atoms with Gasteiger partial charge >= 0.3 is 0 Å². The van der Waals surface area contributed by atoms with Gasteiger partial charge in [0.05, 0.1) is 13.1 Å². The van der Waals surface area contributed by atoms with Crippen molar-refractivity contribution in [1.82, 2.24) is 14.8 Å². The van der Waals surface area contributed by atoms with Gasteiger partial charge in [-0.15, -0.1) is 0 Å². The number of hydrogen-bond acceptors (Lipinski definition) is 3. The Morgan fingerprint density at radius 3 is 2.97 bits per heavy atom. The summed E-state index contributed by atoms with van der Waals surface area (Å²) in [6.07, 6.45) is 0.973. The number of H-pyrrole nitrogens is 1. The molecule has 150 valence electrons. The minimum absolute atomic E-state index is 0.0634. The van der Waals surface area contributed by atoms with Gasteiger partial charge in [0, 0.05) is 41.8 Å². The maximum atomic E-state index is 13.1. The molecule has 1 amide bonds. The van der Waals surface area contributed by atoms with Gasteiger partial charge in [0.15, 0.2) is 0 Å². The van der Waals surface area contributed by atoms with Crippen LogP contribution in [0.1, 0.15) is 29.3 Å². The highest BCUT2D eigenvalue weighted by atomic mass is 16.5. The van der Waals surface area contributed by atoms with Gasteiger partial charge in [-0.25, -0.2) is 0 Å². The Labute approximate surface area is 171 Å². The molecule has 0 fully saturated rings. The second-order valence-electron chi connectivity index (χ2n) is 8.40. The Kier molecular flexibility index (Phi) is 4.55. The molecule has 0 aliphatic carbocycles. The molecule has 2 aliphatic heterocycles. The van der Waals surface area contributed by atoms with Crippen LogP contribution in [0.5, 0.6) is 5.75 Å². The number of nitrogens with one attached hydrogen (secondary N) is 1. The fourth-order valence-corrected chi connectivity index (χ4v) is 4.69. The second-order valence-corrected chi connectivity index (χ2v) is 8.40. The Hall–Kier alpha value is -2.79. The first-order chi connectivity index (χ1) is 14.1. The minimum Gasteiger partial charge on any atom is -0.489 e. The number of para-hydroxylation sites is 1. The van der Waals surface area contributed by atoms with E-state index in [2.05, 4.69) is 66.2 Å². The lowest BCUT2D eigenvalue weighted by molar-refractivity contribution is -0.133. The van der Waals surface area contributed by atoms with Gasteiger partial charge < -0.3 is 14.6 Å². The standard InChI is InChI=1S/C24H27N3O2/c1-16-7-8-23-18(11-16)13-26(12-17(2)29-23)15-24(28)27-10-9-20-19-5-3-4-6-21(19)25-22(20)14-27/h3-8,11,17,25H,9-10,12-15H2,1-2H3/t17-/m0/s1. The van der Waals surface area contributed by atoms with Gasteiger partial charge in [-0.1, -0.05) is 35.9 Å². The van der Waals surface area contributed by atoms with Crippen LogP contribution in [-0.2, 0) is 24.3 Å². The zero-order valence-electron chi connectivity index (χ0n) is 17.1. The largest absolute Gasteiger partial charge is 0.489 e. The van der Waals surface area contributed by atoms with Crippen molar-refractivity contribution < 1.29 is 9.53 Å². The summed E-state index contributed by atoms with van der Waals surface area (Å²) in [5, 5.41) is 1.29. The van der Waals surface area contributed by atoms with E-state index in [1.165, 1.54) is 27.8 Å². The molecular weight excluding hydrogens is 362 g/mol. The number of aromatic nitrogens is 1. The number of rotatable bonds is 2. The van der Waals surface area contributed by atoms with Gasteiger partial charge in [0.25, 0.3) is 0 Å². The molecule has 0 spiro atoms. The Balaban J connectivity index is 1.31. The summed E-state index contributed by atoms with van der Waals surface area (Å²) in [5.74, 6) is 1.14. The number of carbonyl (C=O) groups excluding carboxylic acids is 1. The molecule has 1 aromatic heterocycles. The predicted molar refractivity (Wildman–Crippen MR) is 114 cm³/mol. The van der Waals surface area contributed by atoms with Crippen molar-refractivity contribution in [2.75, 3.05) is 19.6 Å². The number of nitrogens with zero attached hydrogens (tertiary/aromatic N) is 2. The SMILES string of the molecule is Cc1ccc2c(c1)CN(CC(=O)N1CCc3c([nH]c4ccccc34)C1)C[C@H](C)O2. The lowest BCUT2D eigenvalue weighted by atomic mass is 10.0. The van der Waals surface area contributed by atoms with E-state index in [9.17, 15) is 4.79 Å². The topological polar surface area (TPSA) is 48.6 Å². The maximum Gasteiger partial charge on any atom is 0.237 e. The van der Waals surface area contributed by atoms with Gasteiger partial charge in [-0.2, -0.15) is 0 Å². The quantitative estimate of drug-likeness (QED) is 0.728. The number of fused-ring (bicyclic) bond motifs is 4. The van der Waals surface area contributed by atoms with E-state index in [0.717, 1.165) is 37.3 Å². The van der Waals surface area contributed by atoms with Crippen LogP contribution in [0, 0.1) is 6.92 Å². The molecule has 1 atom stereocenters. The van der Waals surface area contributed by atoms with Crippen LogP contribution in [0.25, 0.3) is 10.9 Å². The van der Waals surface area contributed by atoms with Crippen molar-refractivity contribution in [3.05, 3.63) is 64.8 Å². The van der Waals surface area contributed by atoms with Crippen molar-refractivity contribution in [2.24, 2.45) is 0 Å². The number of benzene rings is 2. The summed E-state index contributed by atoms with van der Waals surface area (Å²) in [4.78, 5) is 20.8. The van der Waals surface area contributed by atoms with E-state index in [1.54, 1.807) is 0 Å². The predicted octanol–water partition coefficient (Wildman–Crippen LogP) is 3.64. The molecule has 0 saturated heterocycles. The second kappa shape index (κ2) is 7.23. The molecule has 5 nitrogen and oxygen atoms in total. The van der Waals surface area contributed by atoms with E-state index in [0.29, 0.717) is 13.1 Å². The molecule has 0 unspecified atom stereocenters. The lowest BCUT2D eigenvalue weighted by Gasteiger charge is -2.30. The normalized spacial score (nSPS) is 19.4. The molecule has 0 saturated carbocycles. The van der Waals surface area contributed by atoms with E-state index in [4.69, 9.17) is 4.74 Å². The summed E-state index contributed by atoms with van der Waals surface area (Å²) in [6, 6.07) is 14.7. The summed E-state index contributed by atoms with van der Waals surface area (Å²) in [6.45, 7) is 7.54. The first-order valence-corrected chi connectivity index (χ1v) is 10.4. The van der Waals surface area contributed by atoms with Gasteiger partial charge in [-0.05, 0) is 38.0 Å². The molecule has 5 heteroatoms. The molecule has 0 radical (unpaired) electrons. The Morgan fingerprint density at radius 1 is 1.21 bits per heavy atom. The number of aromatic amines is 1. The van der Waals surface area contributed by atoms with Crippen molar-refractivity contribution in [3.8, 4) is 5.75 Å². The molecule has 2 aliphatic rings. The van der Waals surface area contributed by atoms with E-state index < -0.39 is 0 Å². The van der Waals surface area contributed by atoms with Crippen LogP contribution in [0.3, 0.4) is 0 Å². The van der Waals surface area contributed by atoms with E-state index in [-0.39, 0.29) is 12.0 Å². The summed E-state index contributed by atoms with van der Waals surface area (Å²) < 4.78 is 6.08. The molecule has 2 aromatic carbocycles. The van der Waals surface area contributed by atoms with Crippen molar-refractivity contribution in [3.63, 3.8) is 0 Å². The molecule has 29 heavy (non-hydrogen) atoms. The summed E-state index contributed by atoms with van der Waals surface area (Å²) >= 11 is 0. The van der Waals surface area contributed by atoms with Gasteiger partial charge in [-0.3, -0.25) is 9.69 Å². The average Bonchev–Trinajstić information content (AvgIpc) is 2.99. The smallest absolute Gasteiger partial charge is 0.237 e. The Morgan fingerprint density at radius 2 is 2.07 bits per heavy atom. The molecular formula is C24H27N3O2. The number of hydrogen-bond donors (Lipinski definition) is 1. The van der Waals surface area contributed by atoms with Crippen molar-refractivity contribution >= 4 is 16.8 Å². The van der Waals surface area contributed by atoms with E-state index in [1.807, 2.05) is 4.90 Å². The third-order valence-corrected chi connectivity index (χ3v) is 6.05. The van der Waals surface area contributed by atoms with Crippen molar-refractivity contribution in [1.29, 1.82) is 0 Å². The molecule has 5 rings (SSSR count). The zero-order valence-corrected chi connectivity index (χ0v) is 17.1. The first-order valence-electron chi connectivity index (χ1n) is 10.4. The van der Waals surface area contributed by atoms with E-state index >= 15 is 0 Å². The van der Waals surface area contributed by atoms with Crippen LogP contribution in [-0.4, -0.2) is 46.4 Å². The molecule has 0 bridgehead atoms. The third-order valence-electron chi connectivity index (χ3n) is 6.05. The average molecular weight is 389 g/mol. The zero-order chi connectivity index (χ0) is 20.0. The number of carbonyl (C=O) groups is 1. The summed E-state index contributed by atoms with van der Waals surface area (Å²) in [7, 11) is 0. The van der Waals surface area contributed by atoms with Gasteiger partial charge in [0.1, 0.15) is 11.9 Å². The third kappa shape index (κ3) is 3.51. The number of aryl methyl sites for hydroxylation is 1. The summed E-state index contributed by atoms with van der Waals surface area (Å²) in [5.41, 5.74) is 6.09. The lowest BCUT2D eigenvalue weighted by Crippen LogP contribution is -2.44. The first kappa shape index (κ1) is 18.3. The number of ether oxygens (including phenoxy) is 1. The van der Waals surface area contributed by atoms with Crippen LogP contribution >= 0.6 is 0 Å². The van der Waals surface area contributed by atoms with Crippen LogP contribution in [0.2, 0.25) is 0 Å². The highest BCUT2D eigenvalue weighted by Gasteiger charge is 2.27. The Bertz CT molecular complexity index is 1070. The highest BCUT2D eigenvalue weighted by Crippen LogP contribution is 2.28. The fraction of sp³-hybridized carbons (Fsp3) is 0.375. The highest BCUT2D eigenvalue weighted by molar-refractivity contribution is 5.86. The minimum atomic E-state index is 0.0634. The van der Waals surface area contributed by atoms with Crippen LogP contribution in [0.15, 0.2) is 42.5 Å². The fourth-order valence-electron chi connectivity index (χ4n) is 4.69. The molecule has 3 aromatic rings. The van der Waals surface area contributed by atoms with Crippen molar-refractivity contribution in [2.45, 2.75) is 39.5 Å². The molecule has 3 heterocycles. The molecule has 1 N–H and O–H groups in total. The van der Waals surface area contributed by atoms with Gasteiger partial charge in [0.2, 0.25) is 5.91 Å². The number of amides is 1. The maximum absolute atomic E-state index is 13.1.